The van der Waals surface area contributed by atoms with Crippen molar-refractivity contribution in [2.24, 2.45) is 5.10 Å². The fourth-order valence-electron chi connectivity index (χ4n) is 2.27. The Bertz CT molecular complexity index is 1010. The third-order valence-corrected chi connectivity index (χ3v) is 4.60. The topological polar surface area (TPSA) is 97.5 Å². The van der Waals surface area contributed by atoms with Gasteiger partial charge in [0.25, 0.3) is 5.69 Å². The van der Waals surface area contributed by atoms with Gasteiger partial charge in [-0.15, -0.1) is 0 Å². The van der Waals surface area contributed by atoms with E-state index >= 15 is 0 Å². The Labute approximate surface area is 153 Å². The monoisotopic (exact) mass is 366 g/mol. The first-order valence-corrected chi connectivity index (χ1v) is 8.47. The largest absolute Gasteiger partial charge is 0.294 e. The molecule has 0 saturated heterocycles. The van der Waals surface area contributed by atoms with E-state index in [2.05, 4.69) is 15.5 Å². The summed E-state index contributed by atoms with van der Waals surface area (Å²) in [5, 5.41) is 16.3. The maximum atomic E-state index is 12.0. The van der Waals surface area contributed by atoms with Crippen molar-refractivity contribution >= 4 is 44.9 Å². The number of pyridine rings is 1. The van der Waals surface area contributed by atoms with Crippen molar-refractivity contribution in [2.45, 2.75) is 11.8 Å². The van der Waals surface area contributed by atoms with Crippen molar-refractivity contribution in [3.05, 3.63) is 70.9 Å². The summed E-state index contributed by atoms with van der Waals surface area (Å²) in [4.78, 5) is 27.7. The van der Waals surface area contributed by atoms with Gasteiger partial charge in [0.05, 0.1) is 10.4 Å². The quantitative estimate of drug-likeness (QED) is 0.238. The number of nitro benzene ring substituents is 1. The fourth-order valence-corrected chi connectivity index (χ4v) is 3.13. The van der Waals surface area contributed by atoms with Crippen molar-refractivity contribution in [1.29, 1.82) is 0 Å². The van der Waals surface area contributed by atoms with E-state index in [1.54, 1.807) is 18.3 Å². The number of ketones is 1. The highest BCUT2D eigenvalue weighted by Gasteiger charge is 2.15. The van der Waals surface area contributed by atoms with E-state index in [-0.39, 0.29) is 22.2 Å². The van der Waals surface area contributed by atoms with Gasteiger partial charge in [-0.25, -0.2) is 0 Å². The third kappa shape index (κ3) is 3.86. The predicted molar refractivity (Wildman–Crippen MR) is 102 cm³/mol. The Balaban J connectivity index is 1.92. The summed E-state index contributed by atoms with van der Waals surface area (Å²) < 4.78 is 0. The molecule has 8 heteroatoms. The van der Waals surface area contributed by atoms with Gasteiger partial charge < -0.3 is 0 Å². The summed E-state index contributed by atoms with van der Waals surface area (Å²) in [7, 11) is 0. The number of para-hydroxylation sites is 3. The molecule has 3 aromatic rings. The van der Waals surface area contributed by atoms with Gasteiger partial charge in [0.2, 0.25) is 0 Å². The van der Waals surface area contributed by atoms with Gasteiger partial charge in [-0.2, -0.15) is 5.10 Å². The lowest BCUT2D eigenvalue weighted by Crippen LogP contribution is -2.09. The lowest BCUT2D eigenvalue weighted by molar-refractivity contribution is -0.384. The second kappa shape index (κ2) is 7.75. The van der Waals surface area contributed by atoms with Gasteiger partial charge in [-0.05, 0) is 18.2 Å². The molecule has 0 atom stereocenters. The van der Waals surface area contributed by atoms with E-state index in [4.69, 9.17) is 0 Å². The Morgan fingerprint density at radius 2 is 1.92 bits per heavy atom. The Hall–Kier alpha value is -3.26. The van der Waals surface area contributed by atoms with Crippen molar-refractivity contribution in [2.75, 3.05) is 5.43 Å². The minimum absolute atomic E-state index is 0.115. The van der Waals surface area contributed by atoms with Gasteiger partial charge in [-0.3, -0.25) is 25.3 Å². The van der Waals surface area contributed by atoms with E-state index in [9.17, 15) is 14.9 Å². The van der Waals surface area contributed by atoms with E-state index in [0.29, 0.717) is 0 Å². The van der Waals surface area contributed by atoms with E-state index in [1.807, 2.05) is 30.3 Å². The summed E-state index contributed by atoms with van der Waals surface area (Å²) in [6.07, 6.45) is 1.68. The summed E-state index contributed by atoms with van der Waals surface area (Å²) >= 11 is 1.17. The number of anilines is 1. The molecule has 1 aromatic heterocycles. The van der Waals surface area contributed by atoms with Crippen LogP contribution in [0.1, 0.15) is 6.92 Å². The number of hydrazone groups is 1. The molecule has 1 heterocycles. The molecule has 3 rings (SSSR count). The summed E-state index contributed by atoms with van der Waals surface area (Å²) in [5.41, 5.74) is 3.49. The van der Waals surface area contributed by atoms with E-state index < -0.39 is 4.92 Å². The SMILES string of the molecule is CC(=O)/C(=N\Nc1ccccc1[N+](=O)[O-])Sc1cccc2cccnc12. The van der Waals surface area contributed by atoms with Crippen LogP contribution in [0.3, 0.4) is 0 Å². The number of thioether (sulfide) groups is 1. The Kier molecular flexibility index (Phi) is 5.23. The van der Waals surface area contributed by atoms with Gasteiger partial charge in [0.15, 0.2) is 10.8 Å². The lowest BCUT2D eigenvalue weighted by Gasteiger charge is -2.07. The first kappa shape index (κ1) is 17.6. The van der Waals surface area contributed by atoms with Crippen LogP contribution in [0.15, 0.2) is 70.8 Å². The average molecular weight is 366 g/mol. The minimum atomic E-state index is -0.507. The number of nitrogens with one attached hydrogen (secondary N) is 1. The molecular weight excluding hydrogens is 352 g/mol. The van der Waals surface area contributed by atoms with Gasteiger partial charge >= 0.3 is 0 Å². The number of hydrogen-bond donors (Lipinski definition) is 1. The summed E-state index contributed by atoms with van der Waals surface area (Å²) in [6, 6.07) is 15.5. The number of nitro groups is 1. The molecule has 0 aliphatic heterocycles. The second-order valence-corrected chi connectivity index (χ2v) is 6.32. The molecule has 0 spiro atoms. The zero-order valence-corrected chi connectivity index (χ0v) is 14.6. The number of rotatable bonds is 5. The molecule has 130 valence electrons. The maximum Gasteiger partial charge on any atom is 0.294 e. The van der Waals surface area contributed by atoms with Crippen LogP contribution in [0.25, 0.3) is 10.9 Å². The zero-order chi connectivity index (χ0) is 18.5. The standard InChI is InChI=1S/C18H14N4O3S/c1-12(23)18(21-20-14-8-2-3-9-15(14)22(24)25)26-16-10-4-6-13-7-5-11-19-17(13)16/h2-11,20H,1H3/b21-18+. The number of carbonyl (C=O) groups excluding carboxylic acids is 1. The van der Waals surface area contributed by atoms with Crippen LogP contribution >= 0.6 is 11.8 Å². The van der Waals surface area contributed by atoms with Crippen molar-refractivity contribution in [3.8, 4) is 0 Å². The highest BCUT2D eigenvalue weighted by Crippen LogP contribution is 2.28. The summed E-state index contributed by atoms with van der Waals surface area (Å²) in [5.74, 6) is -0.256. The molecule has 0 aliphatic carbocycles. The molecular formula is C18H14N4O3S. The average Bonchev–Trinajstić information content (AvgIpc) is 2.65. The molecule has 1 N–H and O–H groups in total. The maximum absolute atomic E-state index is 12.0. The summed E-state index contributed by atoms with van der Waals surface area (Å²) in [6.45, 7) is 1.39. The molecule has 0 radical (unpaired) electrons. The number of fused-ring (bicyclic) bond motifs is 1. The molecule has 0 unspecified atom stereocenters. The number of carbonyl (C=O) groups is 1. The second-order valence-electron chi connectivity index (χ2n) is 5.29. The van der Waals surface area contributed by atoms with Crippen LogP contribution in [0, 0.1) is 10.1 Å². The van der Waals surface area contributed by atoms with Crippen LogP contribution in [-0.4, -0.2) is 20.7 Å². The van der Waals surface area contributed by atoms with E-state index in [1.165, 1.54) is 30.8 Å². The highest BCUT2D eigenvalue weighted by atomic mass is 32.2. The molecule has 0 saturated carbocycles. The first-order chi connectivity index (χ1) is 12.6. The molecule has 0 aliphatic rings. The van der Waals surface area contributed by atoms with Crippen LogP contribution in [0.5, 0.6) is 0 Å². The molecule has 0 amide bonds. The number of aromatic nitrogens is 1. The Morgan fingerprint density at radius 1 is 1.15 bits per heavy atom. The van der Waals surface area contributed by atoms with Crippen LogP contribution in [0.2, 0.25) is 0 Å². The number of nitrogens with zero attached hydrogens (tertiary/aromatic N) is 3. The fraction of sp³-hybridized carbons (Fsp3) is 0.0556. The zero-order valence-electron chi connectivity index (χ0n) is 13.7. The molecule has 0 fully saturated rings. The molecule has 7 nitrogen and oxygen atoms in total. The van der Waals surface area contributed by atoms with E-state index in [0.717, 1.165) is 15.8 Å². The molecule has 2 aromatic carbocycles. The normalized spacial score (nSPS) is 11.3. The van der Waals surface area contributed by atoms with Crippen LogP contribution in [-0.2, 0) is 4.79 Å². The number of hydrogen-bond acceptors (Lipinski definition) is 7. The van der Waals surface area contributed by atoms with Gasteiger partial charge in [0, 0.05) is 29.5 Å². The molecule has 0 bridgehead atoms. The predicted octanol–water partition coefficient (Wildman–Crippen LogP) is 4.25. The number of Topliss-reactive ketones (excluding diaryl/α,β-unsaturated/α-hetero) is 1. The van der Waals surface area contributed by atoms with Gasteiger partial charge in [0.1, 0.15) is 5.69 Å². The van der Waals surface area contributed by atoms with Crippen molar-refractivity contribution in [1.82, 2.24) is 4.98 Å². The van der Waals surface area contributed by atoms with Crippen molar-refractivity contribution < 1.29 is 9.72 Å². The highest BCUT2D eigenvalue weighted by molar-refractivity contribution is 8.15. The van der Waals surface area contributed by atoms with Gasteiger partial charge in [-0.1, -0.05) is 42.1 Å². The smallest absolute Gasteiger partial charge is 0.292 e. The number of benzene rings is 2. The first-order valence-electron chi connectivity index (χ1n) is 7.66. The van der Waals surface area contributed by atoms with Crippen LogP contribution in [0.4, 0.5) is 11.4 Å². The Morgan fingerprint density at radius 3 is 2.69 bits per heavy atom. The lowest BCUT2D eigenvalue weighted by atomic mass is 10.2. The van der Waals surface area contributed by atoms with Crippen LogP contribution < -0.4 is 5.43 Å². The molecule has 26 heavy (non-hydrogen) atoms. The third-order valence-electron chi connectivity index (χ3n) is 3.48. The minimum Gasteiger partial charge on any atom is -0.292 e. The van der Waals surface area contributed by atoms with Crippen molar-refractivity contribution in [3.63, 3.8) is 0 Å².